The molecule has 0 aromatic rings. The van der Waals surface area contributed by atoms with E-state index in [9.17, 15) is 4.79 Å². The van der Waals surface area contributed by atoms with Crippen LogP contribution in [0.2, 0.25) is 0 Å². The van der Waals surface area contributed by atoms with Crippen LogP contribution in [0.3, 0.4) is 0 Å². The first kappa shape index (κ1) is 8.55. The van der Waals surface area contributed by atoms with Crippen molar-refractivity contribution in [2.24, 2.45) is 9.63 Å². The molecule has 0 bridgehead atoms. The van der Waals surface area contributed by atoms with Crippen molar-refractivity contribution in [3.63, 3.8) is 0 Å². The zero-order valence-corrected chi connectivity index (χ0v) is 7.02. The molecular weight excluding hydrogens is 188 g/mol. The number of hydrogen-bond donors (Lipinski definition) is 1. The van der Waals surface area contributed by atoms with Gasteiger partial charge in [-0.15, -0.1) is 4.52 Å². The van der Waals surface area contributed by atoms with Gasteiger partial charge in [0.25, 0.3) is 0 Å². The van der Waals surface area contributed by atoms with Crippen LogP contribution in [0.5, 0.6) is 0 Å². The van der Waals surface area contributed by atoms with Crippen molar-refractivity contribution in [3.8, 4) is 0 Å². The fourth-order valence-electron chi connectivity index (χ4n) is 0.548. The summed E-state index contributed by atoms with van der Waals surface area (Å²) in [4.78, 5) is 9.17. The van der Waals surface area contributed by atoms with Crippen LogP contribution in [0.25, 0.3) is 0 Å². The minimum atomic E-state index is -1.23. The van der Waals surface area contributed by atoms with Crippen molar-refractivity contribution in [2.75, 3.05) is 5.75 Å². The highest BCUT2D eigenvalue weighted by molar-refractivity contribution is 7.98. The average Bonchev–Trinajstić information content (AvgIpc) is 2.35. The molecule has 0 aromatic heterocycles. The first-order valence-electron chi connectivity index (χ1n) is 2.72. The third-order valence-corrected chi connectivity index (χ3v) is 2.57. The van der Waals surface area contributed by atoms with E-state index in [0.717, 1.165) is 11.9 Å². The molecule has 1 unspecified atom stereocenters. The summed E-state index contributed by atoms with van der Waals surface area (Å²) in [7, 11) is 0. The van der Waals surface area contributed by atoms with Crippen molar-refractivity contribution >= 4 is 29.5 Å². The van der Waals surface area contributed by atoms with E-state index in [1.54, 1.807) is 0 Å². The molecule has 1 aliphatic heterocycles. The van der Waals surface area contributed by atoms with E-state index in [0.29, 0.717) is 5.75 Å². The van der Waals surface area contributed by atoms with Gasteiger partial charge in [0.1, 0.15) is 0 Å². The van der Waals surface area contributed by atoms with E-state index in [2.05, 4.69) is 16.2 Å². The number of nitrogens with zero attached hydrogens (tertiary/aromatic N) is 2. The number of rotatable bonds is 2. The van der Waals surface area contributed by atoms with Crippen LogP contribution in [0, 0.1) is 0 Å². The summed E-state index contributed by atoms with van der Waals surface area (Å²) in [5.41, 5.74) is -0.132. The SMILES string of the molecule is C=C(C(=O)O)C1(Cl)CSN=N1. The molecule has 1 N–H and O–H groups in total. The summed E-state index contributed by atoms with van der Waals surface area (Å²) < 4.78 is 3.53. The van der Waals surface area contributed by atoms with Gasteiger partial charge < -0.3 is 5.11 Å². The Morgan fingerprint density at radius 1 is 1.82 bits per heavy atom. The predicted octanol–water partition coefficient (Wildman–Crippen LogP) is 1.68. The Morgan fingerprint density at radius 2 is 2.45 bits per heavy atom. The molecule has 6 heteroatoms. The van der Waals surface area contributed by atoms with Gasteiger partial charge in [0.05, 0.1) is 11.3 Å². The molecule has 1 aliphatic rings. The number of carboxylic acids is 1. The molecule has 0 saturated carbocycles. The average molecular weight is 193 g/mol. The summed E-state index contributed by atoms with van der Waals surface area (Å²) in [5, 5.41) is 12.1. The van der Waals surface area contributed by atoms with Crippen molar-refractivity contribution in [3.05, 3.63) is 12.2 Å². The zero-order valence-electron chi connectivity index (χ0n) is 5.45. The number of aliphatic carboxylic acids is 1. The second kappa shape index (κ2) is 2.83. The van der Waals surface area contributed by atoms with Gasteiger partial charge >= 0.3 is 5.97 Å². The molecule has 1 atom stereocenters. The molecule has 0 radical (unpaired) electrons. The quantitative estimate of drug-likeness (QED) is 0.313. The normalized spacial score (nSPS) is 28.8. The summed E-state index contributed by atoms with van der Waals surface area (Å²) >= 11 is 6.88. The lowest BCUT2D eigenvalue weighted by molar-refractivity contribution is -0.133. The largest absolute Gasteiger partial charge is 0.478 e. The molecule has 1 rings (SSSR count). The summed E-state index contributed by atoms with van der Waals surface area (Å²) in [6.07, 6.45) is 0. The smallest absolute Gasteiger partial charge is 0.334 e. The monoisotopic (exact) mass is 192 g/mol. The van der Waals surface area contributed by atoms with E-state index in [1.165, 1.54) is 0 Å². The minimum Gasteiger partial charge on any atom is -0.478 e. The lowest BCUT2D eigenvalue weighted by atomic mass is 10.1. The second-order valence-electron chi connectivity index (χ2n) is 2.00. The van der Waals surface area contributed by atoms with Crippen LogP contribution in [-0.4, -0.2) is 21.8 Å². The first-order valence-corrected chi connectivity index (χ1v) is 4.04. The van der Waals surface area contributed by atoms with Gasteiger partial charge in [0.2, 0.25) is 0 Å². The number of carboxylic acid groups (broad SMARTS) is 1. The molecule has 0 spiro atoms. The number of alkyl halides is 1. The Labute approximate surface area is 72.5 Å². The van der Waals surface area contributed by atoms with Crippen molar-refractivity contribution in [2.45, 2.75) is 5.00 Å². The Hall–Kier alpha value is -0.550. The minimum absolute atomic E-state index is 0.132. The van der Waals surface area contributed by atoms with Crippen molar-refractivity contribution in [1.29, 1.82) is 0 Å². The van der Waals surface area contributed by atoms with Crippen LogP contribution < -0.4 is 0 Å². The standard InChI is InChI=1S/C5H5ClN2O2S/c1-3(4(9)10)5(6)2-11-8-7-5/h1-2H2,(H,9,10). The van der Waals surface area contributed by atoms with Crippen LogP contribution in [0.15, 0.2) is 21.8 Å². The van der Waals surface area contributed by atoms with Gasteiger partial charge in [-0.1, -0.05) is 18.2 Å². The maximum atomic E-state index is 10.4. The van der Waals surface area contributed by atoms with E-state index in [4.69, 9.17) is 16.7 Å². The van der Waals surface area contributed by atoms with Crippen molar-refractivity contribution in [1.82, 2.24) is 0 Å². The predicted molar refractivity (Wildman–Crippen MR) is 42.7 cm³/mol. The number of hydrogen-bond acceptors (Lipinski definition) is 4. The number of halogens is 1. The second-order valence-corrected chi connectivity index (χ2v) is 3.33. The molecule has 1 heterocycles. The van der Waals surface area contributed by atoms with Gasteiger partial charge in [0, 0.05) is 11.9 Å². The van der Waals surface area contributed by atoms with Gasteiger partial charge in [0.15, 0.2) is 5.00 Å². The lowest BCUT2D eigenvalue weighted by Gasteiger charge is -2.13. The fraction of sp³-hybridized carbons (Fsp3) is 0.400. The Balaban J connectivity index is 2.81. The molecule has 60 valence electrons. The highest BCUT2D eigenvalue weighted by atomic mass is 35.5. The maximum absolute atomic E-state index is 10.4. The molecule has 11 heavy (non-hydrogen) atoms. The number of carbonyl (C=O) groups is 1. The molecule has 0 fully saturated rings. The Bertz CT molecular complexity index is 243. The van der Waals surface area contributed by atoms with Gasteiger partial charge in [-0.05, 0) is 0 Å². The Morgan fingerprint density at radius 3 is 2.82 bits per heavy atom. The Kier molecular flexibility index (Phi) is 2.20. The summed E-state index contributed by atoms with van der Waals surface area (Å²) in [5.74, 6) is -0.805. The molecular formula is C5H5ClN2O2S. The summed E-state index contributed by atoms with van der Waals surface area (Å²) in [6.45, 7) is 3.31. The van der Waals surface area contributed by atoms with E-state index < -0.39 is 11.0 Å². The van der Waals surface area contributed by atoms with E-state index in [1.807, 2.05) is 0 Å². The van der Waals surface area contributed by atoms with E-state index in [-0.39, 0.29) is 5.57 Å². The van der Waals surface area contributed by atoms with E-state index >= 15 is 0 Å². The van der Waals surface area contributed by atoms with Gasteiger partial charge in [-0.2, -0.15) is 5.11 Å². The highest BCUT2D eigenvalue weighted by Gasteiger charge is 2.38. The molecule has 0 amide bonds. The lowest BCUT2D eigenvalue weighted by Crippen LogP contribution is -2.26. The van der Waals surface area contributed by atoms with Gasteiger partial charge in [-0.25, -0.2) is 4.79 Å². The topological polar surface area (TPSA) is 62.0 Å². The van der Waals surface area contributed by atoms with Crippen LogP contribution >= 0.6 is 23.5 Å². The van der Waals surface area contributed by atoms with Crippen LogP contribution in [-0.2, 0) is 4.79 Å². The summed E-state index contributed by atoms with van der Waals surface area (Å²) in [6, 6.07) is 0. The molecule has 4 nitrogen and oxygen atoms in total. The fourth-order valence-corrected chi connectivity index (χ4v) is 1.52. The van der Waals surface area contributed by atoms with Crippen LogP contribution in [0.1, 0.15) is 0 Å². The first-order chi connectivity index (χ1) is 5.06. The maximum Gasteiger partial charge on any atom is 0.334 e. The van der Waals surface area contributed by atoms with Crippen LogP contribution in [0.4, 0.5) is 0 Å². The zero-order chi connectivity index (χ0) is 8.48. The van der Waals surface area contributed by atoms with Gasteiger partial charge in [-0.3, -0.25) is 0 Å². The highest BCUT2D eigenvalue weighted by Crippen LogP contribution is 2.36. The van der Waals surface area contributed by atoms with Crippen molar-refractivity contribution < 1.29 is 9.90 Å². The third kappa shape index (κ3) is 1.54. The molecule has 0 aromatic carbocycles. The molecule has 0 saturated heterocycles. The third-order valence-electron chi connectivity index (χ3n) is 1.23. The molecule has 0 aliphatic carbocycles.